The van der Waals surface area contributed by atoms with Gasteiger partial charge in [-0.3, -0.25) is 24.2 Å². The zero-order valence-electron chi connectivity index (χ0n) is 23.2. The molecule has 7 N–H and O–H groups in total. The minimum Gasteiger partial charge on any atom is -0.504 e. The van der Waals surface area contributed by atoms with E-state index < -0.39 is 94.5 Å². The molecule has 45 heavy (non-hydrogen) atoms. The van der Waals surface area contributed by atoms with Crippen molar-refractivity contribution >= 4 is 68.1 Å². The zero-order chi connectivity index (χ0) is 33.4. The summed E-state index contributed by atoms with van der Waals surface area (Å²) in [6.07, 6.45) is 0. The van der Waals surface area contributed by atoms with Crippen LogP contribution in [-0.4, -0.2) is 116 Å². The number of rotatable bonds is 9. The van der Waals surface area contributed by atoms with Gasteiger partial charge in [0.25, 0.3) is 17.7 Å². The van der Waals surface area contributed by atoms with E-state index in [1.807, 2.05) is 0 Å². The van der Waals surface area contributed by atoms with Gasteiger partial charge in [-0.25, -0.2) is 28.4 Å². The third-order valence-corrected chi connectivity index (χ3v) is 8.31. The summed E-state index contributed by atoms with van der Waals surface area (Å²) in [4.78, 5) is 84.7. The van der Waals surface area contributed by atoms with Crippen molar-refractivity contribution in [3.8, 4) is 11.5 Å². The second-order valence-corrected chi connectivity index (χ2v) is 12.3. The summed E-state index contributed by atoms with van der Waals surface area (Å²) in [5.74, 6) is -5.66. The van der Waals surface area contributed by atoms with Crippen molar-refractivity contribution in [1.82, 2.24) is 29.1 Å². The fourth-order valence-electron chi connectivity index (χ4n) is 3.70. The number of aromatic hydroxyl groups is 2. The molecule has 2 aliphatic rings. The molecule has 4 rings (SSSR count). The number of thiazole rings is 1. The molecule has 1 aromatic heterocycles. The van der Waals surface area contributed by atoms with Gasteiger partial charge < -0.3 is 31.2 Å². The molecule has 3 heterocycles. The molecular weight excluding hydrogens is 644 g/mol. The Labute approximate surface area is 256 Å². The molecule has 0 aliphatic carbocycles. The van der Waals surface area contributed by atoms with Crippen molar-refractivity contribution in [1.29, 1.82) is 0 Å². The van der Waals surface area contributed by atoms with E-state index in [9.17, 15) is 52.5 Å². The topological polar surface area (TPSA) is 292 Å². The first-order chi connectivity index (χ1) is 20.9. The van der Waals surface area contributed by atoms with Gasteiger partial charge in [0.1, 0.15) is 11.7 Å². The summed E-state index contributed by atoms with van der Waals surface area (Å²) in [6.45, 7) is 0.857. The second kappa shape index (κ2) is 11.9. The van der Waals surface area contributed by atoms with Gasteiger partial charge in [-0.2, -0.15) is 8.42 Å². The Hall–Kier alpha value is -5.51. The Morgan fingerprint density at radius 2 is 1.82 bits per heavy atom. The molecule has 1 atom stereocenters. The van der Waals surface area contributed by atoms with Gasteiger partial charge in [-0.1, -0.05) is 5.16 Å². The standard InChI is InChI=1S/C23H24N8O12S2/c1-23(2,19(37)38)43-27-15(12-9-44-20(24)26-12)16(34)25-11-8-30(18(11)36)21(39)28-45(41,42)31-6-5-29(22(31)40)17(35)10-3-4-13(32)14(33)7-10/h3-4,7,9,11,32-33H,5-6,8H2,1-2H3,(H2,24,26)(H,25,34)(H,28,39)(H,37,38)/b27-15-. The van der Waals surface area contributed by atoms with Crippen molar-refractivity contribution in [3.05, 3.63) is 34.8 Å². The van der Waals surface area contributed by atoms with Crippen LogP contribution in [0.4, 0.5) is 14.7 Å². The maximum Gasteiger partial charge on any atom is 0.350 e. The van der Waals surface area contributed by atoms with E-state index in [4.69, 9.17) is 10.6 Å². The normalized spacial score (nSPS) is 17.2. The number of benzene rings is 1. The van der Waals surface area contributed by atoms with Crippen LogP contribution >= 0.6 is 11.3 Å². The molecule has 0 bridgehead atoms. The van der Waals surface area contributed by atoms with Crippen LogP contribution in [0, 0.1) is 0 Å². The number of anilines is 1. The number of carbonyl (C=O) groups is 6. The lowest BCUT2D eigenvalue weighted by atomic mass is 10.1. The van der Waals surface area contributed by atoms with Gasteiger partial charge in [0, 0.05) is 17.5 Å². The van der Waals surface area contributed by atoms with Crippen LogP contribution in [0.2, 0.25) is 0 Å². The molecule has 20 nitrogen and oxygen atoms in total. The predicted molar refractivity (Wildman–Crippen MR) is 150 cm³/mol. The molecule has 2 aliphatic heterocycles. The molecule has 22 heteroatoms. The Kier molecular flexibility index (Phi) is 8.55. The van der Waals surface area contributed by atoms with Crippen LogP contribution in [0.1, 0.15) is 29.9 Å². The first-order valence-corrected chi connectivity index (χ1v) is 14.8. The molecule has 2 fully saturated rings. The quantitative estimate of drug-likeness (QED) is 0.0774. The zero-order valence-corrected chi connectivity index (χ0v) is 24.8. The summed E-state index contributed by atoms with van der Waals surface area (Å²) in [7, 11) is -4.92. The summed E-state index contributed by atoms with van der Waals surface area (Å²) < 4.78 is 27.3. The molecule has 2 saturated heterocycles. The van der Waals surface area contributed by atoms with Crippen LogP contribution < -0.4 is 15.8 Å². The van der Waals surface area contributed by atoms with E-state index in [-0.39, 0.29) is 20.7 Å². The number of amides is 7. The highest BCUT2D eigenvalue weighted by Gasteiger charge is 2.46. The fourth-order valence-corrected chi connectivity index (χ4v) is 5.32. The van der Waals surface area contributed by atoms with Crippen molar-refractivity contribution in [2.45, 2.75) is 25.5 Å². The number of imide groups is 2. The molecule has 7 amide bonds. The third-order valence-electron chi connectivity index (χ3n) is 6.28. The van der Waals surface area contributed by atoms with Gasteiger partial charge in [-0.05, 0) is 32.0 Å². The number of aliphatic carboxylic acids is 1. The maximum atomic E-state index is 12.9. The second-order valence-electron chi connectivity index (χ2n) is 9.82. The number of hydrogen-bond donors (Lipinski definition) is 6. The van der Waals surface area contributed by atoms with E-state index in [0.717, 1.165) is 43.4 Å². The predicted octanol–water partition coefficient (Wildman–Crippen LogP) is -1.42. The molecule has 0 saturated carbocycles. The maximum absolute atomic E-state index is 12.9. The smallest absolute Gasteiger partial charge is 0.350 e. The van der Waals surface area contributed by atoms with Crippen molar-refractivity contribution < 1.29 is 57.3 Å². The molecule has 2 aromatic rings. The number of nitrogens with one attached hydrogen (secondary N) is 2. The van der Waals surface area contributed by atoms with Crippen LogP contribution in [0.5, 0.6) is 11.5 Å². The van der Waals surface area contributed by atoms with Crippen LogP contribution in [-0.2, 0) is 29.4 Å². The minimum absolute atomic E-state index is 0.0374. The number of nitrogens with two attached hydrogens (primary N) is 1. The number of hydrogen-bond acceptors (Lipinski definition) is 15. The largest absolute Gasteiger partial charge is 0.504 e. The lowest BCUT2D eigenvalue weighted by Crippen LogP contribution is -2.68. The summed E-state index contributed by atoms with van der Waals surface area (Å²) >= 11 is 0.931. The molecule has 1 unspecified atom stereocenters. The fraction of sp³-hybridized carbons (Fsp3) is 0.304. The van der Waals surface area contributed by atoms with Gasteiger partial charge in [0.2, 0.25) is 5.60 Å². The van der Waals surface area contributed by atoms with E-state index in [1.165, 1.54) is 5.38 Å². The van der Waals surface area contributed by atoms with Gasteiger partial charge >= 0.3 is 28.2 Å². The van der Waals surface area contributed by atoms with Gasteiger partial charge in [-0.15, -0.1) is 11.3 Å². The number of nitrogens with zero attached hydrogens (tertiary/aromatic N) is 5. The number of urea groups is 2. The Morgan fingerprint density at radius 3 is 2.40 bits per heavy atom. The number of β-lactam (4-membered cyclic amide) rings is 1. The van der Waals surface area contributed by atoms with Crippen LogP contribution in [0.3, 0.4) is 0 Å². The molecule has 0 radical (unpaired) electrons. The van der Waals surface area contributed by atoms with Crippen LogP contribution in [0.25, 0.3) is 0 Å². The number of nitrogen functional groups attached to an aromatic ring is 1. The lowest BCUT2D eigenvalue weighted by molar-refractivity contribution is -0.161. The molecule has 0 spiro atoms. The SMILES string of the molecule is CC(C)(O/N=C(\C(=O)NC1CN(C(=O)NS(=O)(=O)N2CCN(C(=O)c3ccc(O)c(O)c3)C2=O)C1=O)c1csc(N)n1)C(=O)O. The number of carbonyl (C=O) groups excluding carboxylic acids is 5. The lowest BCUT2D eigenvalue weighted by Gasteiger charge is -2.36. The highest BCUT2D eigenvalue weighted by molar-refractivity contribution is 7.88. The van der Waals surface area contributed by atoms with Crippen molar-refractivity contribution in [2.24, 2.45) is 5.16 Å². The van der Waals surface area contributed by atoms with E-state index in [0.29, 0.717) is 9.80 Å². The highest BCUT2D eigenvalue weighted by atomic mass is 32.2. The molecule has 1 aromatic carbocycles. The first kappa shape index (κ1) is 32.4. The number of carboxylic acids is 1. The van der Waals surface area contributed by atoms with Crippen molar-refractivity contribution in [2.75, 3.05) is 25.4 Å². The number of phenols is 2. The molecule has 240 valence electrons. The monoisotopic (exact) mass is 668 g/mol. The Morgan fingerprint density at radius 1 is 1.13 bits per heavy atom. The number of oxime groups is 1. The number of aromatic nitrogens is 1. The van der Waals surface area contributed by atoms with E-state index in [1.54, 1.807) is 4.72 Å². The number of phenolic OH excluding ortho intramolecular Hbond substituents is 2. The Bertz CT molecular complexity index is 1760. The highest BCUT2D eigenvalue weighted by Crippen LogP contribution is 2.26. The van der Waals surface area contributed by atoms with Crippen LogP contribution in [0.15, 0.2) is 28.7 Å². The Balaban J connectivity index is 1.38. The first-order valence-electron chi connectivity index (χ1n) is 12.5. The summed E-state index contributed by atoms with van der Waals surface area (Å²) in [6, 6.07) is -1.16. The number of likely N-dealkylation sites (tertiary alicyclic amines) is 1. The van der Waals surface area contributed by atoms with E-state index >= 15 is 0 Å². The van der Waals surface area contributed by atoms with Gasteiger partial charge in [0.05, 0.1) is 13.1 Å². The average Bonchev–Trinajstić information content (AvgIpc) is 3.56. The average molecular weight is 669 g/mol. The van der Waals surface area contributed by atoms with E-state index in [2.05, 4.69) is 15.5 Å². The summed E-state index contributed by atoms with van der Waals surface area (Å²) in [5.41, 5.74) is 2.87. The van der Waals surface area contributed by atoms with Crippen molar-refractivity contribution in [3.63, 3.8) is 0 Å². The number of carboxylic acid groups (broad SMARTS) is 1. The third kappa shape index (κ3) is 6.54. The molecular formula is C23H24N8O12S2. The minimum atomic E-state index is -4.92. The summed E-state index contributed by atoms with van der Waals surface area (Å²) in [5, 5.41) is 35.4. The van der Waals surface area contributed by atoms with Gasteiger partial charge in [0.15, 0.2) is 22.3 Å².